The molecule has 0 heterocycles. The zero-order valence-electron chi connectivity index (χ0n) is 15.3. The highest BCUT2D eigenvalue weighted by molar-refractivity contribution is 7.99. The fraction of sp³-hybridized carbons (Fsp3) is 0.364. The molecule has 0 bridgehead atoms. The number of nitrogens with one attached hydrogen (secondary N) is 1. The van der Waals surface area contributed by atoms with E-state index in [0.717, 1.165) is 35.5 Å². The van der Waals surface area contributed by atoms with Gasteiger partial charge in [-0.1, -0.05) is 30.3 Å². The second-order valence-electron chi connectivity index (χ2n) is 6.71. The van der Waals surface area contributed by atoms with E-state index in [2.05, 4.69) is 11.4 Å². The molecular weight excluding hydrogens is 356 g/mol. The highest BCUT2D eigenvalue weighted by atomic mass is 32.2. The van der Waals surface area contributed by atoms with Crippen LogP contribution in [-0.4, -0.2) is 17.8 Å². The molecule has 0 saturated heterocycles. The zero-order chi connectivity index (χ0) is 18.9. The van der Waals surface area contributed by atoms with Gasteiger partial charge in [-0.25, -0.2) is 0 Å². The molecule has 0 aliphatic heterocycles. The van der Waals surface area contributed by atoms with Gasteiger partial charge in [0, 0.05) is 17.9 Å². The Morgan fingerprint density at radius 1 is 1.15 bits per heavy atom. The third-order valence-electron chi connectivity index (χ3n) is 4.63. The molecule has 2 aromatic rings. The Morgan fingerprint density at radius 2 is 1.89 bits per heavy atom. The number of hydrogen-bond donors (Lipinski definition) is 1. The lowest BCUT2D eigenvalue weighted by Gasteiger charge is -2.16. The van der Waals surface area contributed by atoms with Gasteiger partial charge in [-0.3, -0.25) is 4.79 Å². The van der Waals surface area contributed by atoms with Crippen molar-refractivity contribution in [2.75, 3.05) is 5.75 Å². The van der Waals surface area contributed by atoms with Crippen molar-refractivity contribution in [1.82, 2.24) is 5.32 Å². The molecule has 1 aliphatic carbocycles. The van der Waals surface area contributed by atoms with Gasteiger partial charge in [0.15, 0.2) is 0 Å². The highest BCUT2D eigenvalue weighted by Crippen LogP contribution is 2.26. The van der Waals surface area contributed by atoms with Crippen molar-refractivity contribution in [3.05, 3.63) is 65.2 Å². The van der Waals surface area contributed by atoms with Crippen LogP contribution < -0.4 is 10.1 Å². The summed E-state index contributed by atoms with van der Waals surface area (Å²) in [7, 11) is 0. The number of amides is 1. The maximum atomic E-state index is 12.1. The molecule has 0 aromatic heterocycles. The van der Waals surface area contributed by atoms with E-state index in [0.29, 0.717) is 24.0 Å². The summed E-state index contributed by atoms with van der Waals surface area (Å²) in [6.45, 7) is 0.485. The molecule has 0 radical (unpaired) electrons. The van der Waals surface area contributed by atoms with E-state index < -0.39 is 0 Å². The van der Waals surface area contributed by atoms with Crippen LogP contribution in [0.3, 0.4) is 0 Å². The van der Waals surface area contributed by atoms with E-state index in [4.69, 9.17) is 10.00 Å². The SMILES string of the molecule is N#Cc1ccc(CSCC(=O)NCc2ccccc2OC2CCCC2)cc1. The molecule has 0 unspecified atom stereocenters. The molecule has 1 saturated carbocycles. The van der Waals surface area contributed by atoms with Crippen molar-refractivity contribution in [3.63, 3.8) is 0 Å². The van der Waals surface area contributed by atoms with Crippen LogP contribution >= 0.6 is 11.8 Å². The molecule has 4 nitrogen and oxygen atoms in total. The van der Waals surface area contributed by atoms with E-state index in [1.807, 2.05) is 36.4 Å². The van der Waals surface area contributed by atoms with Crippen LogP contribution in [0.5, 0.6) is 5.75 Å². The minimum Gasteiger partial charge on any atom is -0.490 e. The van der Waals surface area contributed by atoms with Gasteiger partial charge >= 0.3 is 0 Å². The quantitative estimate of drug-likeness (QED) is 0.736. The Morgan fingerprint density at radius 3 is 2.63 bits per heavy atom. The van der Waals surface area contributed by atoms with Crippen LogP contribution in [0.2, 0.25) is 0 Å². The smallest absolute Gasteiger partial charge is 0.230 e. The summed E-state index contributed by atoms with van der Waals surface area (Å²) in [4.78, 5) is 12.1. The van der Waals surface area contributed by atoms with Gasteiger partial charge in [-0.15, -0.1) is 11.8 Å². The van der Waals surface area contributed by atoms with Crippen molar-refractivity contribution in [1.29, 1.82) is 5.26 Å². The maximum absolute atomic E-state index is 12.1. The minimum absolute atomic E-state index is 0.0179. The lowest BCUT2D eigenvalue weighted by atomic mass is 10.2. The molecule has 5 heteroatoms. The lowest BCUT2D eigenvalue weighted by Crippen LogP contribution is -2.25. The van der Waals surface area contributed by atoms with Gasteiger partial charge < -0.3 is 10.1 Å². The van der Waals surface area contributed by atoms with Crippen LogP contribution in [0, 0.1) is 11.3 Å². The normalized spacial score (nSPS) is 13.9. The minimum atomic E-state index is 0.0179. The monoisotopic (exact) mass is 380 g/mol. The van der Waals surface area contributed by atoms with E-state index >= 15 is 0 Å². The molecule has 140 valence electrons. The van der Waals surface area contributed by atoms with Gasteiger partial charge in [0.25, 0.3) is 0 Å². The van der Waals surface area contributed by atoms with E-state index in [9.17, 15) is 4.79 Å². The summed E-state index contributed by atoms with van der Waals surface area (Å²) in [5.74, 6) is 2.06. The van der Waals surface area contributed by atoms with E-state index in [1.165, 1.54) is 12.8 Å². The fourth-order valence-corrected chi connectivity index (χ4v) is 3.95. The third-order valence-corrected chi connectivity index (χ3v) is 5.63. The van der Waals surface area contributed by atoms with Gasteiger partial charge in [-0.2, -0.15) is 5.26 Å². The standard InChI is InChI=1S/C22H24N2O2S/c23-13-17-9-11-18(12-10-17)15-27-16-22(25)24-14-19-5-1-4-8-21(19)26-20-6-2-3-7-20/h1,4-5,8-12,20H,2-3,6-7,14-16H2,(H,24,25). The summed E-state index contributed by atoms with van der Waals surface area (Å²) < 4.78 is 6.12. The van der Waals surface area contributed by atoms with Crippen LogP contribution in [-0.2, 0) is 17.1 Å². The summed E-state index contributed by atoms with van der Waals surface area (Å²) >= 11 is 1.57. The largest absolute Gasteiger partial charge is 0.490 e. The molecule has 2 aromatic carbocycles. The van der Waals surface area contributed by atoms with E-state index in [-0.39, 0.29) is 5.91 Å². The molecule has 27 heavy (non-hydrogen) atoms. The highest BCUT2D eigenvalue weighted by Gasteiger charge is 2.17. The maximum Gasteiger partial charge on any atom is 0.230 e. The lowest BCUT2D eigenvalue weighted by molar-refractivity contribution is -0.118. The zero-order valence-corrected chi connectivity index (χ0v) is 16.1. The first-order valence-electron chi connectivity index (χ1n) is 9.32. The average molecular weight is 381 g/mol. The summed E-state index contributed by atoms with van der Waals surface area (Å²) in [6, 6.07) is 17.5. The molecule has 1 aliphatic rings. The predicted octanol–water partition coefficient (Wildman–Crippen LogP) is 4.43. The summed E-state index contributed by atoms with van der Waals surface area (Å²) in [5.41, 5.74) is 2.79. The number of thioether (sulfide) groups is 1. The molecule has 1 amide bonds. The first-order chi connectivity index (χ1) is 13.2. The second kappa shape index (κ2) is 10.0. The van der Waals surface area contributed by atoms with Crippen LogP contribution in [0.25, 0.3) is 0 Å². The Balaban J connectivity index is 1.42. The first-order valence-corrected chi connectivity index (χ1v) is 10.5. The topological polar surface area (TPSA) is 62.1 Å². The third kappa shape index (κ3) is 6.04. The Labute approximate surface area is 164 Å². The molecule has 1 fully saturated rings. The number of benzene rings is 2. The number of para-hydroxylation sites is 1. The first kappa shape index (κ1) is 19.3. The van der Waals surface area contributed by atoms with Gasteiger partial charge in [0.05, 0.1) is 23.5 Å². The van der Waals surface area contributed by atoms with Crippen LogP contribution in [0.15, 0.2) is 48.5 Å². The number of rotatable bonds is 8. The van der Waals surface area contributed by atoms with Gasteiger partial charge in [-0.05, 0) is 49.4 Å². The van der Waals surface area contributed by atoms with Crippen LogP contribution in [0.1, 0.15) is 42.4 Å². The predicted molar refractivity (Wildman–Crippen MR) is 108 cm³/mol. The number of carbonyl (C=O) groups is 1. The number of ether oxygens (including phenoxy) is 1. The fourth-order valence-electron chi connectivity index (χ4n) is 3.13. The molecule has 0 atom stereocenters. The Hall–Kier alpha value is -2.45. The number of nitrogens with zero attached hydrogens (tertiary/aromatic N) is 1. The molecule has 3 rings (SSSR count). The molecule has 1 N–H and O–H groups in total. The van der Waals surface area contributed by atoms with Gasteiger partial charge in [0.2, 0.25) is 5.91 Å². The van der Waals surface area contributed by atoms with Crippen molar-refractivity contribution in [2.24, 2.45) is 0 Å². The number of hydrogen-bond acceptors (Lipinski definition) is 4. The Kier molecular flexibility index (Phi) is 7.18. The second-order valence-corrected chi connectivity index (χ2v) is 7.70. The van der Waals surface area contributed by atoms with Crippen molar-refractivity contribution in [2.45, 2.75) is 44.1 Å². The van der Waals surface area contributed by atoms with E-state index in [1.54, 1.807) is 23.9 Å². The summed E-state index contributed by atoms with van der Waals surface area (Å²) in [5, 5.41) is 11.8. The number of carbonyl (C=O) groups excluding carboxylic acids is 1. The van der Waals surface area contributed by atoms with Gasteiger partial charge in [0.1, 0.15) is 5.75 Å². The van der Waals surface area contributed by atoms with Crippen molar-refractivity contribution < 1.29 is 9.53 Å². The number of nitriles is 1. The summed E-state index contributed by atoms with van der Waals surface area (Å²) in [6.07, 6.45) is 5.02. The Bertz CT molecular complexity index is 793. The van der Waals surface area contributed by atoms with Crippen LogP contribution in [0.4, 0.5) is 0 Å². The van der Waals surface area contributed by atoms with Crippen molar-refractivity contribution in [3.8, 4) is 11.8 Å². The van der Waals surface area contributed by atoms with Crippen molar-refractivity contribution >= 4 is 17.7 Å². The molecular formula is C22H24N2O2S. The average Bonchev–Trinajstić information content (AvgIpc) is 3.21. The molecule has 0 spiro atoms.